The molecular formula is C13H18N2O3. The molecule has 2 rings (SSSR count). The number of aliphatic hydroxyl groups is 1. The Hall–Kier alpha value is -1.62. The monoisotopic (exact) mass is 250 g/mol. The second-order valence-electron chi connectivity index (χ2n) is 4.66. The summed E-state index contributed by atoms with van der Waals surface area (Å²) < 4.78 is 5.13. The molecule has 1 fully saturated rings. The number of amides is 1. The Bertz CT molecular complexity index is 436. The zero-order chi connectivity index (χ0) is 13.1. The maximum atomic E-state index is 12.3. The van der Waals surface area contributed by atoms with Crippen molar-refractivity contribution in [1.29, 1.82) is 0 Å². The number of methoxy groups -OCH3 is 1. The Morgan fingerprint density at radius 3 is 3.06 bits per heavy atom. The first kappa shape index (κ1) is 12.8. The lowest BCUT2D eigenvalue weighted by atomic mass is 9.95. The lowest BCUT2D eigenvalue weighted by Gasteiger charge is -2.34. The second-order valence-corrected chi connectivity index (χ2v) is 4.66. The molecule has 1 amide bonds. The van der Waals surface area contributed by atoms with Gasteiger partial charge in [-0.15, -0.1) is 0 Å². The molecule has 2 unspecified atom stereocenters. The molecule has 0 aliphatic carbocycles. The van der Waals surface area contributed by atoms with E-state index in [0.717, 1.165) is 6.42 Å². The minimum atomic E-state index is -0.449. The Morgan fingerprint density at radius 1 is 1.61 bits per heavy atom. The molecule has 18 heavy (non-hydrogen) atoms. The van der Waals surface area contributed by atoms with Gasteiger partial charge in [0.1, 0.15) is 5.75 Å². The van der Waals surface area contributed by atoms with E-state index in [1.807, 2.05) is 6.92 Å². The van der Waals surface area contributed by atoms with Crippen molar-refractivity contribution in [3.8, 4) is 5.75 Å². The average molecular weight is 250 g/mol. The van der Waals surface area contributed by atoms with Crippen LogP contribution in [-0.2, 0) is 0 Å². The fourth-order valence-corrected chi connectivity index (χ4v) is 2.12. The van der Waals surface area contributed by atoms with Gasteiger partial charge in [-0.05, 0) is 18.4 Å². The first-order chi connectivity index (χ1) is 8.63. The van der Waals surface area contributed by atoms with Crippen molar-refractivity contribution in [2.75, 3.05) is 20.2 Å². The Morgan fingerprint density at radius 2 is 2.39 bits per heavy atom. The molecule has 1 aliphatic heterocycles. The summed E-state index contributed by atoms with van der Waals surface area (Å²) >= 11 is 0. The number of β-amino-alcohol motifs (C(OH)–C–C–N with tert-alkyl or cyclic N) is 1. The van der Waals surface area contributed by atoms with E-state index in [2.05, 4.69) is 4.98 Å². The molecule has 0 spiro atoms. The highest BCUT2D eigenvalue weighted by molar-refractivity contribution is 5.96. The molecule has 98 valence electrons. The topological polar surface area (TPSA) is 62.7 Å². The molecule has 5 heteroatoms. The van der Waals surface area contributed by atoms with Crippen molar-refractivity contribution in [3.63, 3.8) is 0 Å². The third-order valence-electron chi connectivity index (χ3n) is 3.44. The van der Waals surface area contributed by atoms with Crippen LogP contribution in [0, 0.1) is 5.92 Å². The van der Waals surface area contributed by atoms with Crippen LogP contribution in [-0.4, -0.2) is 47.2 Å². The summed E-state index contributed by atoms with van der Waals surface area (Å²) in [6.45, 7) is 3.05. The first-order valence-electron chi connectivity index (χ1n) is 6.09. The highest BCUT2D eigenvalue weighted by Crippen LogP contribution is 2.22. The van der Waals surface area contributed by atoms with Gasteiger partial charge in [0.25, 0.3) is 5.91 Å². The molecule has 0 bridgehead atoms. The fourth-order valence-electron chi connectivity index (χ4n) is 2.12. The van der Waals surface area contributed by atoms with E-state index in [-0.39, 0.29) is 11.8 Å². The average Bonchev–Trinajstić information content (AvgIpc) is 2.41. The van der Waals surface area contributed by atoms with Crippen LogP contribution in [0.25, 0.3) is 0 Å². The number of hydrogen-bond donors (Lipinski definition) is 1. The van der Waals surface area contributed by atoms with Crippen LogP contribution < -0.4 is 4.74 Å². The summed E-state index contributed by atoms with van der Waals surface area (Å²) in [5.74, 6) is 0.601. The maximum absolute atomic E-state index is 12.3. The molecule has 0 aromatic carbocycles. The van der Waals surface area contributed by atoms with Gasteiger partial charge < -0.3 is 14.7 Å². The SMILES string of the molecule is COc1cnccc1C(=O)N1CCC(C)C(O)C1. The quantitative estimate of drug-likeness (QED) is 0.848. The van der Waals surface area contributed by atoms with Crippen molar-refractivity contribution in [3.05, 3.63) is 24.0 Å². The van der Waals surface area contributed by atoms with Gasteiger partial charge in [-0.3, -0.25) is 9.78 Å². The molecule has 0 radical (unpaired) electrons. The summed E-state index contributed by atoms with van der Waals surface area (Å²) in [4.78, 5) is 17.9. The van der Waals surface area contributed by atoms with Gasteiger partial charge >= 0.3 is 0 Å². The fraction of sp³-hybridized carbons (Fsp3) is 0.538. The minimum absolute atomic E-state index is 0.111. The summed E-state index contributed by atoms with van der Waals surface area (Å²) in [6, 6.07) is 1.64. The van der Waals surface area contributed by atoms with Crippen molar-refractivity contribution >= 4 is 5.91 Å². The predicted octanol–water partition coefficient (Wildman–Crippen LogP) is 0.933. The molecule has 5 nitrogen and oxygen atoms in total. The van der Waals surface area contributed by atoms with E-state index in [1.165, 1.54) is 13.3 Å². The zero-order valence-electron chi connectivity index (χ0n) is 10.7. The normalized spacial score (nSPS) is 23.8. The molecule has 1 aliphatic rings. The third kappa shape index (κ3) is 2.46. The van der Waals surface area contributed by atoms with E-state index in [0.29, 0.717) is 24.4 Å². The summed E-state index contributed by atoms with van der Waals surface area (Å²) in [5.41, 5.74) is 0.495. The van der Waals surface area contributed by atoms with E-state index in [4.69, 9.17) is 4.74 Å². The van der Waals surface area contributed by atoms with Gasteiger partial charge in [-0.25, -0.2) is 0 Å². The third-order valence-corrected chi connectivity index (χ3v) is 3.44. The van der Waals surface area contributed by atoms with Crippen LogP contribution in [0.15, 0.2) is 18.5 Å². The number of rotatable bonds is 2. The minimum Gasteiger partial charge on any atom is -0.494 e. The van der Waals surface area contributed by atoms with Crippen LogP contribution in [0.5, 0.6) is 5.75 Å². The van der Waals surface area contributed by atoms with Gasteiger partial charge in [-0.1, -0.05) is 6.92 Å². The van der Waals surface area contributed by atoms with Gasteiger partial charge in [0.2, 0.25) is 0 Å². The second kappa shape index (κ2) is 5.35. The number of piperidine rings is 1. The van der Waals surface area contributed by atoms with Crippen LogP contribution in [0.4, 0.5) is 0 Å². The van der Waals surface area contributed by atoms with Gasteiger partial charge in [0.15, 0.2) is 0 Å². The number of aliphatic hydroxyl groups excluding tert-OH is 1. The highest BCUT2D eigenvalue weighted by Gasteiger charge is 2.28. The lowest BCUT2D eigenvalue weighted by molar-refractivity contribution is 0.0247. The van der Waals surface area contributed by atoms with Crippen LogP contribution >= 0.6 is 0 Å². The Kier molecular flexibility index (Phi) is 3.81. The summed E-state index contributed by atoms with van der Waals surface area (Å²) in [5, 5.41) is 9.83. The number of carbonyl (C=O) groups excluding carboxylic acids is 1. The molecule has 1 saturated heterocycles. The Labute approximate surface area is 106 Å². The van der Waals surface area contributed by atoms with Crippen molar-refractivity contribution < 1.29 is 14.6 Å². The van der Waals surface area contributed by atoms with E-state index in [9.17, 15) is 9.90 Å². The predicted molar refractivity (Wildman–Crippen MR) is 66.5 cm³/mol. The standard InChI is InChI=1S/C13H18N2O3/c1-9-4-6-15(8-11(9)16)13(17)10-3-5-14-7-12(10)18-2/h3,5,7,9,11,16H,4,6,8H2,1-2H3. The summed E-state index contributed by atoms with van der Waals surface area (Å²) in [6.07, 6.45) is 3.46. The van der Waals surface area contributed by atoms with Gasteiger partial charge in [0.05, 0.1) is 25.0 Å². The van der Waals surface area contributed by atoms with Crippen molar-refractivity contribution in [2.45, 2.75) is 19.4 Å². The first-order valence-corrected chi connectivity index (χ1v) is 6.09. The number of hydrogen-bond acceptors (Lipinski definition) is 4. The van der Waals surface area contributed by atoms with Crippen LogP contribution in [0.3, 0.4) is 0 Å². The number of ether oxygens (including phenoxy) is 1. The number of carbonyl (C=O) groups is 1. The van der Waals surface area contributed by atoms with Crippen LogP contribution in [0.2, 0.25) is 0 Å². The smallest absolute Gasteiger partial charge is 0.257 e. The molecule has 1 aromatic heterocycles. The summed E-state index contributed by atoms with van der Waals surface area (Å²) in [7, 11) is 1.51. The molecule has 1 aromatic rings. The van der Waals surface area contributed by atoms with E-state index in [1.54, 1.807) is 17.2 Å². The molecular weight excluding hydrogens is 232 g/mol. The number of nitrogens with zero attached hydrogens (tertiary/aromatic N) is 2. The van der Waals surface area contributed by atoms with Crippen LogP contribution in [0.1, 0.15) is 23.7 Å². The van der Waals surface area contributed by atoms with E-state index < -0.39 is 6.10 Å². The van der Waals surface area contributed by atoms with E-state index >= 15 is 0 Å². The molecule has 0 saturated carbocycles. The van der Waals surface area contributed by atoms with Crippen molar-refractivity contribution in [2.24, 2.45) is 5.92 Å². The molecule has 2 atom stereocenters. The molecule has 1 N–H and O–H groups in total. The highest BCUT2D eigenvalue weighted by atomic mass is 16.5. The van der Waals surface area contributed by atoms with Gasteiger partial charge in [-0.2, -0.15) is 0 Å². The Balaban J connectivity index is 2.16. The van der Waals surface area contributed by atoms with Gasteiger partial charge in [0, 0.05) is 19.3 Å². The number of aromatic nitrogens is 1. The largest absolute Gasteiger partial charge is 0.494 e. The maximum Gasteiger partial charge on any atom is 0.257 e. The lowest BCUT2D eigenvalue weighted by Crippen LogP contribution is -2.45. The van der Waals surface area contributed by atoms with Crippen molar-refractivity contribution in [1.82, 2.24) is 9.88 Å². The zero-order valence-corrected chi connectivity index (χ0v) is 10.7. The molecule has 2 heterocycles. The number of likely N-dealkylation sites (tertiary alicyclic amines) is 1. The number of pyridine rings is 1.